The molecule has 0 radical (unpaired) electrons. The number of nitrogens with zero attached hydrogens (tertiary/aromatic N) is 1. The molecular formula is C23H23ClN4O3. The van der Waals surface area contributed by atoms with Gasteiger partial charge in [0.05, 0.1) is 0 Å². The first-order valence-electron chi connectivity index (χ1n) is 9.59. The number of halogens is 1. The van der Waals surface area contributed by atoms with Gasteiger partial charge in [-0.15, -0.1) is 0 Å². The molecule has 31 heavy (non-hydrogen) atoms. The van der Waals surface area contributed by atoms with Crippen molar-refractivity contribution in [1.29, 1.82) is 0 Å². The van der Waals surface area contributed by atoms with Gasteiger partial charge in [-0.3, -0.25) is 10.1 Å². The van der Waals surface area contributed by atoms with Gasteiger partial charge in [0.2, 0.25) is 5.91 Å². The third kappa shape index (κ3) is 6.45. The molecule has 0 saturated carbocycles. The van der Waals surface area contributed by atoms with Gasteiger partial charge < -0.3 is 15.2 Å². The van der Waals surface area contributed by atoms with E-state index in [0.29, 0.717) is 28.0 Å². The minimum Gasteiger partial charge on any atom is -0.359 e. The van der Waals surface area contributed by atoms with Crippen LogP contribution < -0.4 is 16.0 Å². The van der Waals surface area contributed by atoms with Crippen molar-refractivity contribution in [3.05, 3.63) is 77.0 Å². The molecule has 3 rings (SSSR count). The quantitative estimate of drug-likeness (QED) is 0.430. The molecule has 0 bridgehead atoms. The molecule has 3 aromatic rings. The van der Waals surface area contributed by atoms with Crippen molar-refractivity contribution < 1.29 is 14.1 Å². The lowest BCUT2D eigenvalue weighted by atomic mass is 9.93. The minimum atomic E-state index is -0.451. The summed E-state index contributed by atoms with van der Waals surface area (Å²) in [6.45, 7) is 5.97. The van der Waals surface area contributed by atoms with Crippen LogP contribution in [-0.2, 0) is 10.2 Å². The summed E-state index contributed by atoms with van der Waals surface area (Å²) >= 11 is 6.07. The molecule has 1 aromatic heterocycles. The van der Waals surface area contributed by atoms with Gasteiger partial charge >= 0.3 is 6.03 Å². The third-order valence-electron chi connectivity index (χ3n) is 4.22. The molecule has 0 atom stereocenters. The second-order valence-electron chi connectivity index (χ2n) is 7.83. The molecule has 3 N–H and O–H groups in total. The smallest absolute Gasteiger partial charge is 0.324 e. The number of urea groups is 1. The van der Waals surface area contributed by atoms with Gasteiger partial charge in [0.15, 0.2) is 5.82 Å². The highest BCUT2D eigenvalue weighted by atomic mass is 35.5. The van der Waals surface area contributed by atoms with Gasteiger partial charge in [0.25, 0.3) is 0 Å². The Kier molecular flexibility index (Phi) is 6.77. The minimum absolute atomic E-state index is 0.202. The van der Waals surface area contributed by atoms with Crippen molar-refractivity contribution >= 4 is 46.8 Å². The number of rotatable bonds is 5. The Hall–Kier alpha value is -3.58. The van der Waals surface area contributed by atoms with Gasteiger partial charge in [-0.2, -0.15) is 0 Å². The summed E-state index contributed by atoms with van der Waals surface area (Å²) in [5, 5.41) is 12.5. The topological polar surface area (TPSA) is 96.3 Å². The fraction of sp³-hybridized carbons (Fsp3) is 0.174. The summed E-state index contributed by atoms with van der Waals surface area (Å²) in [7, 11) is 0. The Balaban J connectivity index is 1.52. The van der Waals surface area contributed by atoms with Crippen molar-refractivity contribution in [3.63, 3.8) is 0 Å². The number of carbonyl (C=O) groups excluding carboxylic acids is 2. The summed E-state index contributed by atoms with van der Waals surface area (Å²) < 4.78 is 5.24. The van der Waals surface area contributed by atoms with E-state index in [0.717, 1.165) is 5.56 Å². The second kappa shape index (κ2) is 9.49. The molecule has 0 fully saturated rings. The van der Waals surface area contributed by atoms with E-state index < -0.39 is 6.03 Å². The van der Waals surface area contributed by atoms with Gasteiger partial charge in [-0.25, -0.2) is 4.79 Å². The fourth-order valence-electron chi connectivity index (χ4n) is 2.56. The molecule has 1 heterocycles. The van der Waals surface area contributed by atoms with Crippen molar-refractivity contribution in [3.8, 4) is 0 Å². The van der Waals surface area contributed by atoms with Gasteiger partial charge in [-0.05, 0) is 42.0 Å². The standard InChI is InChI=1S/C23H23ClN4O3/c1-23(2,3)19-14-20(28-31-19)27-22(30)26-17-11-9-16(10-12-17)25-21(29)13-8-15-6-4-5-7-18(15)24/h4-14H,1-3H3,(H,25,29)(H2,26,27,28,30)/b13-8+. The molecule has 0 aliphatic rings. The second-order valence-corrected chi connectivity index (χ2v) is 8.23. The maximum Gasteiger partial charge on any atom is 0.324 e. The molecule has 160 valence electrons. The van der Waals surface area contributed by atoms with Crippen LogP contribution in [0.2, 0.25) is 5.02 Å². The Labute approximate surface area is 185 Å². The number of amides is 3. The summed E-state index contributed by atoms with van der Waals surface area (Å²) in [6, 6.07) is 15.2. The Morgan fingerprint density at radius 1 is 0.968 bits per heavy atom. The average Bonchev–Trinajstić information content (AvgIpc) is 3.18. The summed E-state index contributed by atoms with van der Waals surface area (Å²) in [6.07, 6.45) is 3.05. The molecule has 0 unspecified atom stereocenters. The van der Waals surface area contributed by atoms with Gasteiger partial charge in [0, 0.05) is 34.0 Å². The van der Waals surface area contributed by atoms with E-state index in [2.05, 4.69) is 21.1 Å². The van der Waals surface area contributed by atoms with Crippen molar-refractivity contribution in [2.75, 3.05) is 16.0 Å². The van der Waals surface area contributed by atoms with E-state index in [4.69, 9.17) is 16.1 Å². The zero-order valence-corrected chi connectivity index (χ0v) is 18.2. The van der Waals surface area contributed by atoms with E-state index in [1.807, 2.05) is 39.0 Å². The average molecular weight is 439 g/mol. The molecule has 7 nitrogen and oxygen atoms in total. The summed E-state index contributed by atoms with van der Waals surface area (Å²) in [5.41, 5.74) is 1.70. The lowest BCUT2D eigenvalue weighted by Gasteiger charge is -2.12. The van der Waals surface area contributed by atoms with Crippen LogP contribution in [0.1, 0.15) is 32.1 Å². The van der Waals surface area contributed by atoms with Crippen molar-refractivity contribution in [2.45, 2.75) is 26.2 Å². The zero-order valence-electron chi connectivity index (χ0n) is 17.4. The number of anilines is 3. The highest BCUT2D eigenvalue weighted by molar-refractivity contribution is 6.32. The maximum absolute atomic E-state index is 12.2. The molecule has 0 spiro atoms. The van der Waals surface area contributed by atoms with E-state index in [-0.39, 0.29) is 11.3 Å². The SMILES string of the molecule is CC(C)(C)c1cc(NC(=O)Nc2ccc(NC(=O)/C=C/c3ccccc3Cl)cc2)no1. The Morgan fingerprint density at radius 2 is 1.61 bits per heavy atom. The number of nitrogens with one attached hydrogen (secondary N) is 3. The maximum atomic E-state index is 12.2. The first-order chi connectivity index (χ1) is 14.7. The lowest BCUT2D eigenvalue weighted by molar-refractivity contribution is -0.111. The highest BCUT2D eigenvalue weighted by Crippen LogP contribution is 2.24. The van der Waals surface area contributed by atoms with Crippen LogP contribution in [0.15, 0.2) is 65.2 Å². The van der Waals surface area contributed by atoms with Gasteiger partial charge in [-0.1, -0.05) is 55.7 Å². The van der Waals surface area contributed by atoms with Crippen LogP contribution in [0.3, 0.4) is 0 Å². The number of hydrogen-bond donors (Lipinski definition) is 3. The monoisotopic (exact) mass is 438 g/mol. The molecule has 0 saturated heterocycles. The van der Waals surface area contributed by atoms with Crippen LogP contribution in [-0.4, -0.2) is 17.1 Å². The largest absolute Gasteiger partial charge is 0.359 e. The van der Waals surface area contributed by atoms with Crippen LogP contribution in [0, 0.1) is 0 Å². The van der Waals surface area contributed by atoms with E-state index in [1.54, 1.807) is 42.5 Å². The summed E-state index contributed by atoms with van der Waals surface area (Å²) in [5.74, 6) is 0.710. The van der Waals surface area contributed by atoms with Gasteiger partial charge in [0.1, 0.15) is 5.76 Å². The number of benzene rings is 2. The van der Waals surface area contributed by atoms with Crippen LogP contribution >= 0.6 is 11.6 Å². The number of carbonyl (C=O) groups is 2. The van der Waals surface area contributed by atoms with Crippen LogP contribution in [0.25, 0.3) is 6.08 Å². The molecule has 2 aromatic carbocycles. The third-order valence-corrected chi connectivity index (χ3v) is 4.56. The summed E-state index contributed by atoms with van der Waals surface area (Å²) in [4.78, 5) is 24.3. The zero-order chi connectivity index (χ0) is 22.4. The van der Waals surface area contributed by atoms with Crippen molar-refractivity contribution in [1.82, 2.24) is 5.16 Å². The normalized spacial score (nSPS) is 11.4. The predicted molar refractivity (Wildman–Crippen MR) is 123 cm³/mol. The Bertz CT molecular complexity index is 1100. The van der Waals surface area contributed by atoms with Crippen LogP contribution in [0.4, 0.5) is 22.0 Å². The first kappa shape index (κ1) is 22.1. The number of aromatic nitrogens is 1. The number of hydrogen-bond acceptors (Lipinski definition) is 4. The van der Waals surface area contributed by atoms with E-state index in [1.165, 1.54) is 6.08 Å². The first-order valence-corrected chi connectivity index (χ1v) is 9.97. The molecule has 0 aliphatic carbocycles. The van der Waals surface area contributed by atoms with E-state index >= 15 is 0 Å². The fourth-order valence-corrected chi connectivity index (χ4v) is 2.76. The highest BCUT2D eigenvalue weighted by Gasteiger charge is 2.20. The van der Waals surface area contributed by atoms with Crippen molar-refractivity contribution in [2.24, 2.45) is 0 Å². The molecule has 8 heteroatoms. The molecular weight excluding hydrogens is 416 g/mol. The lowest BCUT2D eigenvalue weighted by Crippen LogP contribution is -2.19. The molecule has 3 amide bonds. The van der Waals surface area contributed by atoms with E-state index in [9.17, 15) is 9.59 Å². The van der Waals surface area contributed by atoms with Crippen LogP contribution in [0.5, 0.6) is 0 Å². The predicted octanol–water partition coefficient (Wildman–Crippen LogP) is 5.92. The Morgan fingerprint density at radius 3 is 2.23 bits per heavy atom. The molecule has 0 aliphatic heterocycles.